The SMILES string of the molecule is CC(C)c1cc(C(=O)Nc2ccc(-c3cn(C4COC4)c4ncnc(N)c34)cc2)c(=O)n(-c2ccc(Cl)cc2)n1. The van der Waals surface area contributed by atoms with Crippen molar-refractivity contribution in [2.75, 3.05) is 24.3 Å². The minimum absolute atomic E-state index is 0.00460. The molecule has 40 heavy (non-hydrogen) atoms. The molecule has 0 bridgehead atoms. The van der Waals surface area contributed by atoms with Crippen LogP contribution in [-0.2, 0) is 4.74 Å². The molecule has 3 N–H and O–H groups in total. The number of nitrogens with two attached hydrogens (primary N) is 1. The lowest BCUT2D eigenvalue weighted by Crippen LogP contribution is -2.31. The summed E-state index contributed by atoms with van der Waals surface area (Å²) in [4.78, 5) is 35.3. The van der Waals surface area contributed by atoms with E-state index in [-0.39, 0.29) is 17.5 Å². The first-order valence-electron chi connectivity index (χ1n) is 12.8. The highest BCUT2D eigenvalue weighted by Gasteiger charge is 2.25. The quantitative estimate of drug-likeness (QED) is 0.307. The Bertz CT molecular complexity index is 1790. The molecule has 5 aromatic rings. The van der Waals surface area contributed by atoms with Crippen molar-refractivity contribution in [1.82, 2.24) is 24.3 Å². The number of anilines is 2. The molecule has 3 aromatic heterocycles. The van der Waals surface area contributed by atoms with E-state index in [4.69, 9.17) is 22.1 Å². The van der Waals surface area contributed by atoms with Gasteiger partial charge in [-0.3, -0.25) is 9.59 Å². The third-order valence-electron chi connectivity index (χ3n) is 6.94. The number of carbonyl (C=O) groups is 1. The van der Waals surface area contributed by atoms with Crippen molar-refractivity contribution in [3.8, 4) is 16.8 Å². The van der Waals surface area contributed by atoms with E-state index in [1.807, 2.05) is 32.2 Å². The molecule has 0 radical (unpaired) electrons. The molecule has 11 heteroatoms. The fourth-order valence-electron chi connectivity index (χ4n) is 4.64. The zero-order valence-electron chi connectivity index (χ0n) is 21.8. The minimum atomic E-state index is -0.524. The summed E-state index contributed by atoms with van der Waals surface area (Å²) in [5.41, 5.74) is 9.91. The lowest BCUT2D eigenvalue weighted by atomic mass is 10.1. The van der Waals surface area contributed by atoms with Crippen LogP contribution in [0.2, 0.25) is 5.02 Å². The van der Waals surface area contributed by atoms with Gasteiger partial charge in [-0.25, -0.2) is 9.97 Å². The molecule has 1 aliphatic heterocycles. The average molecular weight is 556 g/mol. The Hall–Kier alpha value is -4.54. The van der Waals surface area contributed by atoms with Crippen LogP contribution in [0.15, 0.2) is 71.9 Å². The number of fused-ring (bicyclic) bond motifs is 1. The van der Waals surface area contributed by atoms with Gasteiger partial charge in [0.25, 0.3) is 11.5 Å². The summed E-state index contributed by atoms with van der Waals surface area (Å²) < 4.78 is 8.68. The molecule has 0 atom stereocenters. The van der Waals surface area contributed by atoms with Crippen molar-refractivity contribution < 1.29 is 9.53 Å². The number of hydrogen-bond donors (Lipinski definition) is 2. The Kier molecular flexibility index (Phi) is 6.57. The summed E-state index contributed by atoms with van der Waals surface area (Å²) in [6.45, 7) is 5.13. The maximum atomic E-state index is 13.3. The largest absolute Gasteiger partial charge is 0.383 e. The first-order chi connectivity index (χ1) is 19.3. The van der Waals surface area contributed by atoms with Crippen LogP contribution in [-0.4, -0.2) is 43.4 Å². The number of benzene rings is 2. The van der Waals surface area contributed by atoms with Crippen LogP contribution in [0.4, 0.5) is 11.5 Å². The first-order valence-corrected chi connectivity index (χ1v) is 13.2. The number of carbonyl (C=O) groups excluding carboxylic acids is 1. The predicted molar refractivity (Wildman–Crippen MR) is 154 cm³/mol. The second-order valence-corrected chi connectivity index (χ2v) is 10.4. The summed E-state index contributed by atoms with van der Waals surface area (Å²) in [7, 11) is 0. The average Bonchev–Trinajstić information content (AvgIpc) is 3.29. The Morgan fingerprint density at radius 2 is 1.82 bits per heavy atom. The van der Waals surface area contributed by atoms with E-state index in [0.29, 0.717) is 41.1 Å². The van der Waals surface area contributed by atoms with Crippen LogP contribution < -0.4 is 16.6 Å². The van der Waals surface area contributed by atoms with Crippen LogP contribution in [0.1, 0.15) is 41.9 Å². The van der Waals surface area contributed by atoms with Crippen molar-refractivity contribution in [2.45, 2.75) is 25.8 Å². The molecule has 0 unspecified atom stereocenters. The van der Waals surface area contributed by atoms with Gasteiger partial charge in [0.1, 0.15) is 23.4 Å². The van der Waals surface area contributed by atoms with Crippen molar-refractivity contribution in [3.05, 3.63) is 93.8 Å². The number of halogens is 1. The van der Waals surface area contributed by atoms with Gasteiger partial charge in [-0.15, -0.1) is 0 Å². The van der Waals surface area contributed by atoms with E-state index in [1.54, 1.807) is 42.5 Å². The molecule has 1 fully saturated rings. The third kappa shape index (κ3) is 4.61. The molecule has 1 amide bonds. The van der Waals surface area contributed by atoms with Crippen molar-refractivity contribution in [2.24, 2.45) is 0 Å². The second kappa shape index (κ2) is 10.2. The molecular weight excluding hydrogens is 530 g/mol. The van der Waals surface area contributed by atoms with Crippen molar-refractivity contribution >= 4 is 40.0 Å². The van der Waals surface area contributed by atoms with Gasteiger partial charge < -0.3 is 20.4 Å². The molecule has 2 aromatic carbocycles. The number of nitrogens with zero attached hydrogens (tertiary/aromatic N) is 5. The number of ether oxygens (including phenoxy) is 1. The van der Waals surface area contributed by atoms with Gasteiger partial charge >= 0.3 is 0 Å². The molecule has 0 aliphatic carbocycles. The zero-order valence-corrected chi connectivity index (χ0v) is 22.6. The van der Waals surface area contributed by atoms with Gasteiger partial charge in [0.15, 0.2) is 0 Å². The van der Waals surface area contributed by atoms with E-state index < -0.39 is 11.5 Å². The predicted octanol–water partition coefficient (Wildman–Crippen LogP) is 4.83. The highest BCUT2D eigenvalue weighted by molar-refractivity contribution is 6.30. The number of amides is 1. The number of aromatic nitrogens is 5. The van der Waals surface area contributed by atoms with Gasteiger partial charge in [-0.1, -0.05) is 37.6 Å². The van der Waals surface area contributed by atoms with Crippen molar-refractivity contribution in [1.29, 1.82) is 0 Å². The fourth-order valence-corrected chi connectivity index (χ4v) is 4.76. The first kappa shape index (κ1) is 25.7. The molecule has 4 heterocycles. The lowest BCUT2D eigenvalue weighted by molar-refractivity contribution is -0.0215. The Morgan fingerprint density at radius 1 is 1.10 bits per heavy atom. The van der Waals surface area contributed by atoms with Gasteiger partial charge in [-0.2, -0.15) is 9.78 Å². The maximum Gasteiger partial charge on any atom is 0.284 e. The van der Waals surface area contributed by atoms with Crippen LogP contribution in [0.25, 0.3) is 27.8 Å². The molecule has 1 aliphatic rings. The fraction of sp³-hybridized carbons (Fsp3) is 0.207. The monoisotopic (exact) mass is 555 g/mol. The summed E-state index contributed by atoms with van der Waals surface area (Å²) in [5.74, 6) is -0.133. The number of nitrogens with one attached hydrogen (secondary N) is 1. The summed E-state index contributed by atoms with van der Waals surface area (Å²) in [5, 5.41) is 8.63. The van der Waals surface area contributed by atoms with E-state index in [9.17, 15) is 9.59 Å². The van der Waals surface area contributed by atoms with Crippen LogP contribution in [0.5, 0.6) is 0 Å². The molecule has 10 nitrogen and oxygen atoms in total. The molecule has 0 spiro atoms. The number of hydrogen-bond acceptors (Lipinski definition) is 7. The van der Waals surface area contributed by atoms with Gasteiger partial charge in [-0.05, 0) is 53.9 Å². The molecule has 0 saturated carbocycles. The molecular formula is C29H26ClN7O3. The van der Waals surface area contributed by atoms with Crippen LogP contribution >= 0.6 is 11.6 Å². The van der Waals surface area contributed by atoms with Crippen LogP contribution in [0.3, 0.4) is 0 Å². The maximum absolute atomic E-state index is 13.3. The van der Waals surface area contributed by atoms with E-state index >= 15 is 0 Å². The van der Waals surface area contributed by atoms with Gasteiger partial charge in [0, 0.05) is 22.5 Å². The van der Waals surface area contributed by atoms with E-state index in [1.165, 1.54) is 11.0 Å². The van der Waals surface area contributed by atoms with E-state index in [2.05, 4.69) is 25.0 Å². The Labute approximate surface area is 234 Å². The summed E-state index contributed by atoms with van der Waals surface area (Å²) >= 11 is 6.01. The summed E-state index contributed by atoms with van der Waals surface area (Å²) in [6, 6.07) is 15.8. The van der Waals surface area contributed by atoms with Gasteiger partial charge in [0.05, 0.1) is 36.0 Å². The Morgan fingerprint density at radius 3 is 2.48 bits per heavy atom. The number of rotatable bonds is 6. The second-order valence-electron chi connectivity index (χ2n) is 9.96. The Balaban J connectivity index is 1.31. The number of nitrogen functional groups attached to an aromatic ring is 1. The smallest absolute Gasteiger partial charge is 0.284 e. The molecule has 6 rings (SSSR count). The zero-order chi connectivity index (χ0) is 28.0. The highest BCUT2D eigenvalue weighted by atomic mass is 35.5. The van der Waals surface area contributed by atoms with E-state index in [0.717, 1.165) is 22.2 Å². The third-order valence-corrected chi connectivity index (χ3v) is 7.20. The normalized spacial score (nSPS) is 13.5. The van der Waals surface area contributed by atoms with Gasteiger partial charge in [0.2, 0.25) is 0 Å². The standard InChI is InChI=1S/C29H26ClN7O3/c1-16(2)24-11-22(29(39)37(35-24)20-9-5-18(30)6-10-20)28(38)34-19-7-3-17(4-8-19)23-12-36(21-13-40-14-21)27-25(23)26(31)32-15-33-27/h3-12,15-16,21H,13-14H2,1-2H3,(H,34,38)(H2,31,32,33). The van der Waals surface area contributed by atoms with Crippen molar-refractivity contribution in [3.63, 3.8) is 0 Å². The molecule has 202 valence electrons. The lowest BCUT2D eigenvalue weighted by Gasteiger charge is -2.27. The van der Waals surface area contributed by atoms with Crippen LogP contribution in [0, 0.1) is 0 Å². The minimum Gasteiger partial charge on any atom is -0.383 e. The highest BCUT2D eigenvalue weighted by Crippen LogP contribution is 2.36. The topological polar surface area (TPSA) is 130 Å². The summed E-state index contributed by atoms with van der Waals surface area (Å²) in [6.07, 6.45) is 3.47. The molecule has 1 saturated heterocycles.